The summed E-state index contributed by atoms with van der Waals surface area (Å²) in [7, 11) is 0. The van der Waals surface area contributed by atoms with Crippen LogP contribution in [-0.4, -0.2) is 58.6 Å². The van der Waals surface area contributed by atoms with Crippen LogP contribution in [0.15, 0.2) is 27.4 Å². The largest absolute Gasteiger partial charge is 0.364 e. The molecule has 0 bridgehead atoms. The smallest absolute Gasteiger partial charge is 0.194 e. The highest BCUT2D eigenvalue weighted by Gasteiger charge is 2.20. The van der Waals surface area contributed by atoms with Crippen molar-refractivity contribution >= 4 is 17.3 Å². The highest BCUT2D eigenvalue weighted by Crippen LogP contribution is 2.14. The van der Waals surface area contributed by atoms with Crippen molar-refractivity contribution in [2.75, 3.05) is 32.7 Å². The van der Waals surface area contributed by atoms with Crippen LogP contribution in [0, 0.1) is 6.92 Å². The van der Waals surface area contributed by atoms with Crippen molar-refractivity contribution in [3.8, 4) is 0 Å². The van der Waals surface area contributed by atoms with Gasteiger partial charge in [0.05, 0.1) is 23.4 Å². The third kappa shape index (κ3) is 4.33. The van der Waals surface area contributed by atoms with E-state index in [9.17, 15) is 0 Å². The highest BCUT2D eigenvalue weighted by molar-refractivity contribution is 7.09. The summed E-state index contributed by atoms with van der Waals surface area (Å²) in [5.41, 5.74) is 3.96. The first-order valence-corrected chi connectivity index (χ1v) is 9.18. The number of guanidine groups is 1. The van der Waals surface area contributed by atoms with Crippen LogP contribution in [0.4, 0.5) is 0 Å². The van der Waals surface area contributed by atoms with Crippen molar-refractivity contribution in [1.82, 2.24) is 25.3 Å². The zero-order valence-corrected chi connectivity index (χ0v) is 15.1. The van der Waals surface area contributed by atoms with E-state index in [4.69, 9.17) is 9.52 Å². The average molecular weight is 348 g/mol. The average Bonchev–Trinajstić information content (AvgIpc) is 3.24. The Morgan fingerprint density at radius 2 is 2.21 bits per heavy atom. The van der Waals surface area contributed by atoms with Crippen molar-refractivity contribution in [1.29, 1.82) is 0 Å². The lowest BCUT2D eigenvalue weighted by Gasteiger charge is -2.36. The summed E-state index contributed by atoms with van der Waals surface area (Å²) in [5, 5.41) is 7.40. The molecule has 7 nitrogen and oxygen atoms in total. The molecule has 0 atom stereocenters. The number of hydrogen-bond acceptors (Lipinski definition) is 6. The van der Waals surface area contributed by atoms with Gasteiger partial charge in [-0.05, 0) is 13.8 Å². The van der Waals surface area contributed by atoms with Crippen LogP contribution in [0.5, 0.6) is 0 Å². The summed E-state index contributed by atoms with van der Waals surface area (Å²) >= 11 is 1.67. The van der Waals surface area contributed by atoms with Crippen molar-refractivity contribution in [2.45, 2.75) is 26.9 Å². The summed E-state index contributed by atoms with van der Waals surface area (Å²) in [6, 6.07) is 1.93. The maximum atomic E-state index is 4.90. The summed E-state index contributed by atoms with van der Waals surface area (Å²) in [6.45, 7) is 10.5. The van der Waals surface area contributed by atoms with Gasteiger partial charge in [-0.1, -0.05) is 5.16 Å². The number of hydrogen-bond donors (Lipinski definition) is 1. The molecule has 0 amide bonds. The molecule has 1 aliphatic rings. The Bertz CT molecular complexity index is 645. The van der Waals surface area contributed by atoms with Gasteiger partial charge in [0.25, 0.3) is 0 Å². The normalized spacial score (nSPS) is 16.6. The minimum Gasteiger partial charge on any atom is -0.364 e. The van der Waals surface area contributed by atoms with Gasteiger partial charge in [-0.25, -0.2) is 9.98 Å². The second-order valence-electron chi connectivity index (χ2n) is 5.79. The van der Waals surface area contributed by atoms with Gasteiger partial charge in [-0.2, -0.15) is 0 Å². The van der Waals surface area contributed by atoms with E-state index in [0.717, 1.165) is 56.6 Å². The topological polar surface area (TPSA) is 69.8 Å². The van der Waals surface area contributed by atoms with Crippen molar-refractivity contribution < 1.29 is 4.52 Å². The predicted octanol–water partition coefficient (Wildman–Crippen LogP) is 1.72. The Balaban J connectivity index is 1.56. The molecule has 8 heteroatoms. The third-order valence-corrected chi connectivity index (χ3v) is 5.02. The Morgan fingerprint density at radius 1 is 1.38 bits per heavy atom. The highest BCUT2D eigenvalue weighted by atomic mass is 32.1. The molecule has 0 aliphatic carbocycles. The van der Waals surface area contributed by atoms with Crippen molar-refractivity contribution in [3.63, 3.8) is 0 Å². The van der Waals surface area contributed by atoms with Gasteiger partial charge in [0.15, 0.2) is 5.96 Å². The van der Waals surface area contributed by atoms with Gasteiger partial charge in [-0.15, -0.1) is 11.3 Å². The molecule has 1 fully saturated rings. The van der Waals surface area contributed by atoms with E-state index in [0.29, 0.717) is 6.54 Å². The molecule has 1 N–H and O–H groups in total. The van der Waals surface area contributed by atoms with Crippen LogP contribution in [0.3, 0.4) is 0 Å². The Kier molecular flexibility index (Phi) is 5.81. The number of nitrogens with one attached hydrogen (secondary N) is 1. The van der Waals surface area contributed by atoms with E-state index >= 15 is 0 Å². The number of aromatic nitrogens is 2. The number of nitrogens with zero attached hydrogens (tertiary/aromatic N) is 5. The lowest BCUT2D eigenvalue weighted by atomic mass is 10.3. The third-order valence-electron chi connectivity index (χ3n) is 4.10. The van der Waals surface area contributed by atoms with Gasteiger partial charge in [-0.3, -0.25) is 4.90 Å². The van der Waals surface area contributed by atoms with E-state index in [2.05, 4.69) is 32.2 Å². The van der Waals surface area contributed by atoms with E-state index in [-0.39, 0.29) is 0 Å². The summed E-state index contributed by atoms with van der Waals surface area (Å²) in [5.74, 6) is 0.992. The second-order valence-corrected chi connectivity index (χ2v) is 6.72. The Hall–Kier alpha value is -1.93. The Labute approximate surface area is 146 Å². The second kappa shape index (κ2) is 8.25. The molecule has 0 spiro atoms. The molecule has 130 valence electrons. The van der Waals surface area contributed by atoms with E-state index in [1.807, 2.05) is 18.5 Å². The number of piperazine rings is 1. The van der Waals surface area contributed by atoms with E-state index < -0.39 is 0 Å². The molecular formula is C16H24N6OS. The fourth-order valence-corrected chi connectivity index (χ4v) is 3.42. The first kappa shape index (κ1) is 16.9. The van der Waals surface area contributed by atoms with Gasteiger partial charge in [0.1, 0.15) is 6.26 Å². The number of rotatable bonds is 5. The minimum absolute atomic E-state index is 0.692. The van der Waals surface area contributed by atoms with Gasteiger partial charge >= 0.3 is 0 Å². The molecule has 1 aliphatic heterocycles. The molecule has 3 rings (SSSR count). The quantitative estimate of drug-likeness (QED) is 0.655. The predicted molar refractivity (Wildman–Crippen MR) is 95.0 cm³/mol. The lowest BCUT2D eigenvalue weighted by Crippen LogP contribution is -2.52. The molecule has 2 aromatic rings. The SMILES string of the molecule is CCNC(=NCc1scnc1C)N1CCN(Cc2ccon2)CC1. The molecular weight excluding hydrogens is 324 g/mol. The maximum absolute atomic E-state index is 4.90. The summed E-state index contributed by atoms with van der Waals surface area (Å²) in [6.07, 6.45) is 1.63. The van der Waals surface area contributed by atoms with Gasteiger partial charge in [0.2, 0.25) is 0 Å². The fraction of sp³-hybridized carbons (Fsp3) is 0.562. The van der Waals surface area contributed by atoms with Crippen LogP contribution in [0.2, 0.25) is 0 Å². The molecule has 0 radical (unpaired) electrons. The number of thiazole rings is 1. The summed E-state index contributed by atoms with van der Waals surface area (Å²) in [4.78, 5) is 15.0. The standard InChI is InChI=1S/C16H24N6OS/c1-3-17-16(18-10-15-13(2)19-12-24-15)22-7-5-21(6-8-22)11-14-4-9-23-20-14/h4,9,12H,3,5-8,10-11H2,1-2H3,(H,17,18). The van der Waals surface area contributed by atoms with Gasteiger partial charge in [0, 0.05) is 50.2 Å². The van der Waals surface area contributed by atoms with Crippen LogP contribution in [-0.2, 0) is 13.1 Å². The molecule has 3 heterocycles. The monoisotopic (exact) mass is 348 g/mol. The number of aliphatic imine (C=N–C) groups is 1. The molecule has 0 unspecified atom stereocenters. The molecule has 2 aromatic heterocycles. The van der Waals surface area contributed by atoms with Crippen LogP contribution in [0.1, 0.15) is 23.2 Å². The maximum Gasteiger partial charge on any atom is 0.194 e. The Morgan fingerprint density at radius 3 is 2.83 bits per heavy atom. The molecule has 0 aromatic carbocycles. The van der Waals surface area contributed by atoms with Crippen LogP contribution in [0.25, 0.3) is 0 Å². The first-order valence-electron chi connectivity index (χ1n) is 8.30. The molecule has 1 saturated heterocycles. The van der Waals surface area contributed by atoms with E-state index in [1.165, 1.54) is 4.88 Å². The van der Waals surface area contributed by atoms with Gasteiger partial charge < -0.3 is 14.7 Å². The number of aryl methyl sites for hydroxylation is 1. The van der Waals surface area contributed by atoms with Crippen LogP contribution < -0.4 is 5.32 Å². The zero-order chi connectivity index (χ0) is 16.8. The fourth-order valence-electron chi connectivity index (χ4n) is 2.72. The van der Waals surface area contributed by atoms with E-state index in [1.54, 1.807) is 17.6 Å². The van der Waals surface area contributed by atoms with Crippen molar-refractivity contribution in [3.05, 3.63) is 34.1 Å². The molecule has 24 heavy (non-hydrogen) atoms. The summed E-state index contributed by atoms with van der Waals surface area (Å²) < 4.78 is 4.90. The lowest BCUT2D eigenvalue weighted by molar-refractivity contribution is 0.169. The minimum atomic E-state index is 0.692. The molecule has 0 saturated carbocycles. The van der Waals surface area contributed by atoms with Crippen LogP contribution >= 0.6 is 11.3 Å². The first-order chi connectivity index (χ1) is 11.8. The van der Waals surface area contributed by atoms with Crippen molar-refractivity contribution in [2.24, 2.45) is 4.99 Å². The zero-order valence-electron chi connectivity index (χ0n) is 14.2.